The summed E-state index contributed by atoms with van der Waals surface area (Å²) in [6, 6.07) is 7.35. The minimum absolute atomic E-state index is 0.0205. The Kier molecular flexibility index (Phi) is 5.79. The third kappa shape index (κ3) is 4.67. The molecule has 1 fully saturated rings. The molecule has 1 aliphatic heterocycles. The van der Waals surface area contributed by atoms with Crippen molar-refractivity contribution in [2.75, 3.05) is 25.5 Å². The molecule has 3 rings (SSSR count). The van der Waals surface area contributed by atoms with Gasteiger partial charge >= 0.3 is 12.2 Å². The van der Waals surface area contributed by atoms with Gasteiger partial charge in [0.15, 0.2) is 0 Å². The van der Waals surface area contributed by atoms with E-state index >= 15 is 0 Å². The van der Waals surface area contributed by atoms with Crippen LogP contribution in [-0.4, -0.2) is 42.0 Å². The van der Waals surface area contributed by atoms with Crippen molar-refractivity contribution in [2.24, 2.45) is 0 Å². The van der Waals surface area contributed by atoms with Crippen molar-refractivity contribution in [1.82, 2.24) is 9.80 Å². The lowest BCUT2D eigenvalue weighted by atomic mass is 10.0. The number of likely N-dealkylation sites (tertiary alicyclic amines) is 1. The van der Waals surface area contributed by atoms with Crippen LogP contribution in [0.4, 0.5) is 32.4 Å². The number of amides is 2. The maximum atomic E-state index is 13.8. The molecule has 0 saturated carbocycles. The van der Waals surface area contributed by atoms with Gasteiger partial charge in [-0.25, -0.2) is 13.6 Å². The fourth-order valence-electron chi connectivity index (χ4n) is 3.16. The molecule has 0 aromatic heterocycles. The number of nitrogens with zero attached hydrogens (tertiary/aromatic N) is 2. The molecule has 1 N–H and O–H groups in total. The number of nitrogens with one attached hydrogen (secondary N) is 1. The topological polar surface area (TPSA) is 35.6 Å². The maximum Gasteiger partial charge on any atom is 0.416 e. The standard InChI is InChI=1S/C20H20F5N3O/c1-12(13-3-6-15(21)7-4-13)27(2)16-10-28(11-16)19(29)26-18-9-14(20(23,24)25)5-8-17(18)22/h3-9,12,16H,10-11H2,1-2H3,(H,26,29). The molecule has 1 unspecified atom stereocenters. The molecule has 1 aliphatic rings. The Labute approximate surface area is 164 Å². The predicted octanol–water partition coefficient (Wildman–Crippen LogP) is 4.89. The first-order chi connectivity index (χ1) is 13.6. The summed E-state index contributed by atoms with van der Waals surface area (Å²) < 4.78 is 65.2. The average molecular weight is 413 g/mol. The first-order valence-electron chi connectivity index (χ1n) is 8.96. The van der Waals surface area contributed by atoms with Crippen molar-refractivity contribution in [2.45, 2.75) is 25.2 Å². The van der Waals surface area contributed by atoms with Crippen LogP contribution in [0, 0.1) is 11.6 Å². The van der Waals surface area contributed by atoms with Crippen molar-refractivity contribution in [3.05, 3.63) is 65.2 Å². The largest absolute Gasteiger partial charge is 0.416 e. The van der Waals surface area contributed by atoms with E-state index in [9.17, 15) is 26.7 Å². The summed E-state index contributed by atoms with van der Waals surface area (Å²) in [7, 11) is 1.88. The zero-order valence-corrected chi connectivity index (χ0v) is 15.8. The number of benzene rings is 2. The van der Waals surface area contributed by atoms with Crippen LogP contribution in [0.3, 0.4) is 0 Å². The molecule has 1 saturated heterocycles. The van der Waals surface area contributed by atoms with E-state index in [2.05, 4.69) is 5.32 Å². The number of hydrogen-bond acceptors (Lipinski definition) is 2. The van der Waals surface area contributed by atoms with Crippen molar-refractivity contribution < 1.29 is 26.7 Å². The summed E-state index contributed by atoms with van der Waals surface area (Å²) in [6.45, 7) is 2.64. The van der Waals surface area contributed by atoms with Gasteiger partial charge < -0.3 is 10.2 Å². The van der Waals surface area contributed by atoms with Gasteiger partial charge in [0, 0.05) is 25.2 Å². The lowest BCUT2D eigenvalue weighted by molar-refractivity contribution is -0.137. The van der Waals surface area contributed by atoms with Crippen LogP contribution in [0.2, 0.25) is 0 Å². The van der Waals surface area contributed by atoms with E-state index in [1.54, 1.807) is 12.1 Å². The molecule has 0 bridgehead atoms. The lowest BCUT2D eigenvalue weighted by Gasteiger charge is -2.46. The number of carbonyl (C=O) groups is 1. The second-order valence-electron chi connectivity index (χ2n) is 7.07. The molecule has 2 aromatic rings. The highest BCUT2D eigenvalue weighted by Crippen LogP contribution is 2.32. The van der Waals surface area contributed by atoms with Crippen molar-refractivity contribution in [1.29, 1.82) is 0 Å². The number of carbonyl (C=O) groups excluding carboxylic acids is 1. The van der Waals surface area contributed by atoms with Crippen LogP contribution in [0.1, 0.15) is 24.1 Å². The molecule has 29 heavy (non-hydrogen) atoms. The van der Waals surface area contributed by atoms with Crippen molar-refractivity contribution in [3.8, 4) is 0 Å². The second-order valence-corrected chi connectivity index (χ2v) is 7.07. The van der Waals surface area contributed by atoms with Gasteiger partial charge in [-0.05, 0) is 49.9 Å². The van der Waals surface area contributed by atoms with Gasteiger partial charge in [-0.15, -0.1) is 0 Å². The van der Waals surface area contributed by atoms with E-state index < -0.39 is 29.3 Å². The Morgan fingerprint density at radius 2 is 1.76 bits per heavy atom. The molecule has 1 atom stereocenters. The number of alkyl halides is 3. The van der Waals surface area contributed by atoms with Gasteiger partial charge in [-0.1, -0.05) is 12.1 Å². The summed E-state index contributed by atoms with van der Waals surface area (Å²) in [5, 5.41) is 2.20. The minimum Gasteiger partial charge on any atom is -0.321 e. The fraction of sp³-hybridized carbons (Fsp3) is 0.350. The molecule has 156 valence electrons. The molecule has 2 amide bonds. The molecule has 0 aliphatic carbocycles. The highest BCUT2D eigenvalue weighted by atomic mass is 19.4. The molecule has 9 heteroatoms. The lowest BCUT2D eigenvalue weighted by Crippen LogP contribution is -2.61. The van der Waals surface area contributed by atoms with Gasteiger partial charge in [0.25, 0.3) is 0 Å². The quantitative estimate of drug-likeness (QED) is 0.725. The van der Waals surface area contributed by atoms with E-state index in [4.69, 9.17) is 0 Å². The summed E-state index contributed by atoms with van der Waals surface area (Å²) in [6.07, 6.45) is -4.63. The zero-order valence-electron chi connectivity index (χ0n) is 15.8. The van der Waals surface area contributed by atoms with E-state index in [0.717, 1.165) is 5.56 Å². The highest BCUT2D eigenvalue weighted by Gasteiger charge is 2.36. The fourth-order valence-corrected chi connectivity index (χ4v) is 3.16. The third-order valence-electron chi connectivity index (χ3n) is 5.22. The van der Waals surface area contributed by atoms with Gasteiger partial charge in [0.1, 0.15) is 11.6 Å². The second kappa shape index (κ2) is 7.98. The third-order valence-corrected chi connectivity index (χ3v) is 5.22. The smallest absolute Gasteiger partial charge is 0.321 e. The number of anilines is 1. The van der Waals surface area contributed by atoms with E-state index in [1.807, 2.05) is 18.9 Å². The normalized spacial score (nSPS) is 15.9. The van der Waals surface area contributed by atoms with Crippen molar-refractivity contribution >= 4 is 11.7 Å². The summed E-state index contributed by atoms with van der Waals surface area (Å²) in [4.78, 5) is 15.7. The maximum absolute atomic E-state index is 13.8. The monoisotopic (exact) mass is 413 g/mol. The first kappa shape index (κ1) is 21.0. The number of halogens is 5. The van der Waals surface area contributed by atoms with Crippen LogP contribution < -0.4 is 5.32 Å². The average Bonchev–Trinajstić information content (AvgIpc) is 2.61. The number of likely N-dealkylation sites (N-methyl/N-ethyl adjacent to an activating group) is 1. The van der Waals surface area contributed by atoms with Gasteiger partial charge in [0.05, 0.1) is 11.3 Å². The molecule has 2 aromatic carbocycles. The Bertz CT molecular complexity index is 879. The molecular weight excluding hydrogens is 393 g/mol. The molecule has 0 spiro atoms. The van der Waals surface area contributed by atoms with Crippen LogP contribution >= 0.6 is 0 Å². The number of hydrogen-bond donors (Lipinski definition) is 1. The predicted molar refractivity (Wildman–Crippen MR) is 98.4 cm³/mol. The minimum atomic E-state index is -4.63. The van der Waals surface area contributed by atoms with Gasteiger partial charge in [-0.3, -0.25) is 4.90 Å². The van der Waals surface area contributed by atoms with Crippen LogP contribution in [-0.2, 0) is 6.18 Å². The SMILES string of the molecule is CC(c1ccc(F)cc1)N(C)C1CN(C(=O)Nc2cc(C(F)(F)F)ccc2F)C1. The van der Waals surface area contributed by atoms with E-state index in [-0.39, 0.29) is 17.9 Å². The molecule has 1 heterocycles. The van der Waals surface area contributed by atoms with Crippen LogP contribution in [0.5, 0.6) is 0 Å². The van der Waals surface area contributed by atoms with Gasteiger partial charge in [0.2, 0.25) is 0 Å². The highest BCUT2D eigenvalue weighted by molar-refractivity contribution is 5.90. The van der Waals surface area contributed by atoms with Crippen LogP contribution in [0.15, 0.2) is 42.5 Å². The Morgan fingerprint density at radius 3 is 2.34 bits per heavy atom. The van der Waals surface area contributed by atoms with E-state index in [0.29, 0.717) is 31.3 Å². The Hall–Kier alpha value is -2.68. The zero-order chi connectivity index (χ0) is 21.3. The number of urea groups is 1. The van der Waals surface area contributed by atoms with Crippen LogP contribution in [0.25, 0.3) is 0 Å². The molecular formula is C20H20F5N3O. The Morgan fingerprint density at radius 1 is 1.14 bits per heavy atom. The van der Waals surface area contributed by atoms with E-state index in [1.165, 1.54) is 17.0 Å². The molecule has 0 radical (unpaired) electrons. The van der Waals surface area contributed by atoms with Gasteiger partial charge in [-0.2, -0.15) is 13.2 Å². The summed E-state index contributed by atoms with van der Waals surface area (Å²) >= 11 is 0. The first-order valence-corrected chi connectivity index (χ1v) is 8.96. The number of rotatable bonds is 4. The summed E-state index contributed by atoms with van der Waals surface area (Å²) in [5.41, 5.74) is -0.632. The summed E-state index contributed by atoms with van der Waals surface area (Å²) in [5.74, 6) is -1.26. The van der Waals surface area contributed by atoms with Crippen molar-refractivity contribution in [3.63, 3.8) is 0 Å². The molecule has 4 nitrogen and oxygen atoms in total. The Balaban J connectivity index is 1.58.